The molecule has 1 saturated carbocycles. The van der Waals surface area contributed by atoms with E-state index < -0.39 is 5.60 Å². The van der Waals surface area contributed by atoms with Gasteiger partial charge in [0, 0.05) is 6.61 Å². The number of hydrogen-bond acceptors (Lipinski definition) is 2. The Morgan fingerprint density at radius 1 is 1.31 bits per heavy atom. The summed E-state index contributed by atoms with van der Waals surface area (Å²) in [5.74, 6) is 0.728. The normalized spacial score (nSPS) is 31.4. The molecule has 94 valence electrons. The van der Waals surface area contributed by atoms with Crippen LogP contribution in [-0.2, 0) is 9.53 Å². The van der Waals surface area contributed by atoms with Crippen molar-refractivity contribution in [2.45, 2.75) is 65.4 Å². The van der Waals surface area contributed by atoms with Crippen molar-refractivity contribution in [2.24, 2.45) is 11.3 Å². The molecule has 0 aliphatic heterocycles. The molecule has 0 radical (unpaired) electrons. The van der Waals surface area contributed by atoms with Crippen molar-refractivity contribution >= 4 is 6.29 Å². The molecule has 16 heavy (non-hydrogen) atoms. The van der Waals surface area contributed by atoms with Crippen LogP contribution in [0.15, 0.2) is 0 Å². The monoisotopic (exact) mass is 226 g/mol. The summed E-state index contributed by atoms with van der Waals surface area (Å²) in [7, 11) is 0. The van der Waals surface area contributed by atoms with E-state index in [4.69, 9.17) is 4.74 Å². The summed E-state index contributed by atoms with van der Waals surface area (Å²) >= 11 is 0. The summed E-state index contributed by atoms with van der Waals surface area (Å²) in [5.41, 5.74) is -0.0996. The van der Waals surface area contributed by atoms with Gasteiger partial charge < -0.3 is 9.53 Å². The molecular formula is C14H26O2. The van der Waals surface area contributed by atoms with Gasteiger partial charge in [0.1, 0.15) is 5.60 Å². The molecule has 0 unspecified atom stereocenters. The summed E-state index contributed by atoms with van der Waals surface area (Å²) in [4.78, 5) is 11.2. The summed E-state index contributed by atoms with van der Waals surface area (Å²) in [6, 6.07) is 0. The zero-order chi connectivity index (χ0) is 12.2. The molecule has 0 spiro atoms. The zero-order valence-electron chi connectivity index (χ0n) is 11.2. The standard InChI is InChI=1S/C14H26O2/c1-5-10-16-14(11-15)8-6-12(7-9-14)13(2,3)4/h11-12H,5-10H2,1-4H3. The first-order valence-electron chi connectivity index (χ1n) is 6.54. The van der Waals surface area contributed by atoms with Gasteiger partial charge in [0.2, 0.25) is 0 Å². The van der Waals surface area contributed by atoms with Crippen LogP contribution in [0.1, 0.15) is 59.8 Å². The predicted octanol–water partition coefficient (Wildman–Crippen LogP) is 3.59. The smallest absolute Gasteiger partial charge is 0.151 e. The van der Waals surface area contributed by atoms with Gasteiger partial charge in [0.05, 0.1) is 0 Å². The summed E-state index contributed by atoms with van der Waals surface area (Å²) in [5, 5.41) is 0. The van der Waals surface area contributed by atoms with Crippen molar-refractivity contribution in [1.29, 1.82) is 0 Å². The van der Waals surface area contributed by atoms with Crippen molar-refractivity contribution in [3.8, 4) is 0 Å². The third-order valence-electron chi connectivity index (χ3n) is 3.87. The van der Waals surface area contributed by atoms with Gasteiger partial charge in [-0.25, -0.2) is 0 Å². The van der Waals surface area contributed by atoms with Gasteiger partial charge in [-0.1, -0.05) is 27.7 Å². The number of carbonyl (C=O) groups is 1. The fraction of sp³-hybridized carbons (Fsp3) is 0.929. The maximum atomic E-state index is 11.2. The lowest BCUT2D eigenvalue weighted by Crippen LogP contribution is -2.41. The molecule has 0 bridgehead atoms. The Balaban J connectivity index is 2.53. The molecular weight excluding hydrogens is 200 g/mol. The van der Waals surface area contributed by atoms with Crippen LogP contribution in [0, 0.1) is 11.3 Å². The first-order chi connectivity index (χ1) is 7.43. The maximum absolute atomic E-state index is 11.2. The Bertz CT molecular complexity index is 219. The number of ether oxygens (including phenoxy) is 1. The molecule has 1 fully saturated rings. The minimum Gasteiger partial charge on any atom is -0.368 e. The molecule has 0 heterocycles. The molecule has 0 amide bonds. The summed E-state index contributed by atoms with van der Waals surface area (Å²) in [6.45, 7) is 9.66. The van der Waals surface area contributed by atoms with E-state index in [0.717, 1.165) is 44.3 Å². The Kier molecular flexibility index (Phi) is 4.54. The Hall–Kier alpha value is -0.370. The van der Waals surface area contributed by atoms with E-state index in [-0.39, 0.29) is 0 Å². The van der Waals surface area contributed by atoms with Crippen molar-refractivity contribution < 1.29 is 9.53 Å². The number of aldehydes is 1. The van der Waals surface area contributed by atoms with Crippen LogP contribution in [0.2, 0.25) is 0 Å². The number of hydrogen-bond donors (Lipinski definition) is 0. The van der Waals surface area contributed by atoms with Gasteiger partial charge in [-0.15, -0.1) is 0 Å². The van der Waals surface area contributed by atoms with E-state index >= 15 is 0 Å². The molecule has 0 saturated heterocycles. The predicted molar refractivity (Wildman–Crippen MR) is 66.5 cm³/mol. The lowest BCUT2D eigenvalue weighted by molar-refractivity contribution is -0.139. The molecule has 2 nitrogen and oxygen atoms in total. The van der Waals surface area contributed by atoms with E-state index in [1.807, 2.05) is 0 Å². The van der Waals surface area contributed by atoms with E-state index in [2.05, 4.69) is 27.7 Å². The SMILES string of the molecule is CCCOC1(C=O)CCC(C(C)(C)C)CC1. The molecule has 1 aliphatic rings. The lowest BCUT2D eigenvalue weighted by Gasteiger charge is -2.41. The second-order valence-corrected chi connectivity index (χ2v) is 6.17. The summed E-state index contributed by atoms with van der Waals surface area (Å²) in [6.07, 6.45) is 6.06. The first kappa shape index (κ1) is 13.7. The molecule has 0 atom stereocenters. The Morgan fingerprint density at radius 2 is 1.88 bits per heavy atom. The second kappa shape index (κ2) is 5.31. The first-order valence-corrected chi connectivity index (χ1v) is 6.54. The van der Waals surface area contributed by atoms with Crippen LogP contribution in [0.4, 0.5) is 0 Å². The zero-order valence-corrected chi connectivity index (χ0v) is 11.2. The fourth-order valence-electron chi connectivity index (χ4n) is 2.57. The van der Waals surface area contributed by atoms with E-state index in [1.165, 1.54) is 0 Å². The van der Waals surface area contributed by atoms with Gasteiger partial charge in [-0.2, -0.15) is 0 Å². The summed E-state index contributed by atoms with van der Waals surface area (Å²) < 4.78 is 5.76. The molecule has 0 aromatic rings. The number of rotatable bonds is 4. The molecule has 1 rings (SSSR count). The maximum Gasteiger partial charge on any atom is 0.151 e. The van der Waals surface area contributed by atoms with Gasteiger partial charge >= 0.3 is 0 Å². The van der Waals surface area contributed by atoms with E-state index in [9.17, 15) is 4.79 Å². The highest BCUT2D eigenvalue weighted by Gasteiger charge is 2.39. The minimum absolute atomic E-state index is 0.361. The lowest BCUT2D eigenvalue weighted by atomic mass is 9.68. The topological polar surface area (TPSA) is 26.3 Å². The van der Waals surface area contributed by atoms with Crippen LogP contribution in [-0.4, -0.2) is 18.5 Å². The van der Waals surface area contributed by atoms with Gasteiger partial charge in [-0.3, -0.25) is 0 Å². The average molecular weight is 226 g/mol. The van der Waals surface area contributed by atoms with Crippen LogP contribution >= 0.6 is 0 Å². The molecule has 0 aromatic heterocycles. The van der Waals surface area contributed by atoms with Crippen molar-refractivity contribution in [2.75, 3.05) is 6.61 Å². The van der Waals surface area contributed by atoms with Crippen LogP contribution < -0.4 is 0 Å². The second-order valence-electron chi connectivity index (χ2n) is 6.17. The van der Waals surface area contributed by atoms with Crippen molar-refractivity contribution in [3.63, 3.8) is 0 Å². The van der Waals surface area contributed by atoms with Crippen LogP contribution in [0.25, 0.3) is 0 Å². The highest BCUT2D eigenvalue weighted by atomic mass is 16.5. The largest absolute Gasteiger partial charge is 0.368 e. The molecule has 0 N–H and O–H groups in total. The van der Waals surface area contributed by atoms with Crippen LogP contribution in [0.3, 0.4) is 0 Å². The van der Waals surface area contributed by atoms with E-state index in [0.29, 0.717) is 12.0 Å². The van der Waals surface area contributed by atoms with Gasteiger partial charge in [0.15, 0.2) is 6.29 Å². The highest BCUT2D eigenvalue weighted by molar-refractivity contribution is 5.62. The van der Waals surface area contributed by atoms with Crippen molar-refractivity contribution in [3.05, 3.63) is 0 Å². The van der Waals surface area contributed by atoms with Gasteiger partial charge in [-0.05, 0) is 43.4 Å². The van der Waals surface area contributed by atoms with Crippen molar-refractivity contribution in [1.82, 2.24) is 0 Å². The fourth-order valence-corrected chi connectivity index (χ4v) is 2.57. The Labute approximate surface area is 99.8 Å². The third-order valence-corrected chi connectivity index (χ3v) is 3.87. The average Bonchev–Trinajstić information content (AvgIpc) is 2.26. The quantitative estimate of drug-likeness (QED) is 0.685. The van der Waals surface area contributed by atoms with Crippen LogP contribution in [0.5, 0.6) is 0 Å². The van der Waals surface area contributed by atoms with Gasteiger partial charge in [0.25, 0.3) is 0 Å². The number of carbonyl (C=O) groups excluding carboxylic acids is 1. The Morgan fingerprint density at radius 3 is 2.25 bits per heavy atom. The molecule has 2 heteroatoms. The highest BCUT2D eigenvalue weighted by Crippen LogP contribution is 2.42. The minimum atomic E-state index is -0.461. The third kappa shape index (κ3) is 3.31. The molecule has 0 aromatic carbocycles. The van der Waals surface area contributed by atoms with E-state index in [1.54, 1.807) is 0 Å². The molecule has 1 aliphatic carbocycles.